The lowest BCUT2D eigenvalue weighted by Gasteiger charge is -1.99. The van der Waals surface area contributed by atoms with Crippen LogP contribution in [-0.4, -0.2) is 4.98 Å². The summed E-state index contributed by atoms with van der Waals surface area (Å²) in [5.74, 6) is 0.587. The zero-order valence-corrected chi connectivity index (χ0v) is 11.4. The second-order valence-corrected chi connectivity index (χ2v) is 5.03. The summed E-state index contributed by atoms with van der Waals surface area (Å²) >= 11 is 3.51. The highest BCUT2D eigenvalue weighted by molar-refractivity contribution is 9.10. The van der Waals surface area contributed by atoms with Gasteiger partial charge in [-0.3, -0.25) is 0 Å². The van der Waals surface area contributed by atoms with E-state index in [0.29, 0.717) is 22.7 Å². The third-order valence-corrected chi connectivity index (χ3v) is 3.72. The van der Waals surface area contributed by atoms with Crippen LogP contribution in [0.3, 0.4) is 0 Å². The van der Waals surface area contributed by atoms with Gasteiger partial charge >= 0.3 is 0 Å². The van der Waals surface area contributed by atoms with Crippen molar-refractivity contribution in [3.05, 3.63) is 46.4 Å². The number of hydrogen-bond acceptors (Lipinski definition) is 3. The molecule has 0 amide bonds. The van der Waals surface area contributed by atoms with Crippen LogP contribution in [0.4, 0.5) is 5.69 Å². The van der Waals surface area contributed by atoms with Crippen molar-refractivity contribution in [1.82, 2.24) is 4.98 Å². The maximum absolute atomic E-state index is 5.87. The van der Waals surface area contributed by atoms with Crippen LogP contribution in [0.5, 0.6) is 0 Å². The summed E-state index contributed by atoms with van der Waals surface area (Å²) in [4.78, 5) is 4.44. The first kappa shape index (κ1) is 11.3. The van der Waals surface area contributed by atoms with Crippen LogP contribution in [0.1, 0.15) is 5.56 Å². The van der Waals surface area contributed by atoms with Crippen molar-refractivity contribution in [1.29, 1.82) is 0 Å². The minimum atomic E-state index is 0.587. The smallest absolute Gasteiger partial charge is 0.227 e. The number of anilines is 1. The standard InChI is InChI=1S/C14H11BrN2O/c1-8-5-6-9(7-10(8)15)14-17-13-11(16)3-2-4-12(13)18-14/h2-7H,16H2,1H3. The van der Waals surface area contributed by atoms with E-state index in [-0.39, 0.29) is 0 Å². The lowest BCUT2D eigenvalue weighted by molar-refractivity contribution is 0.620. The summed E-state index contributed by atoms with van der Waals surface area (Å²) in [5, 5.41) is 0. The number of hydrogen-bond donors (Lipinski definition) is 1. The van der Waals surface area contributed by atoms with E-state index >= 15 is 0 Å². The minimum Gasteiger partial charge on any atom is -0.436 e. The third kappa shape index (κ3) is 1.78. The van der Waals surface area contributed by atoms with Crippen molar-refractivity contribution in [3.8, 4) is 11.5 Å². The molecule has 4 heteroatoms. The molecule has 0 saturated heterocycles. The average molecular weight is 303 g/mol. The number of nitrogens with two attached hydrogens (primary N) is 1. The summed E-state index contributed by atoms with van der Waals surface area (Å²) < 4.78 is 6.76. The van der Waals surface area contributed by atoms with Gasteiger partial charge in [-0.2, -0.15) is 0 Å². The SMILES string of the molecule is Cc1ccc(-c2nc3c(N)cccc3o2)cc1Br. The van der Waals surface area contributed by atoms with Crippen molar-refractivity contribution < 1.29 is 4.42 Å². The Kier molecular flexibility index (Phi) is 2.59. The van der Waals surface area contributed by atoms with Crippen molar-refractivity contribution >= 4 is 32.7 Å². The van der Waals surface area contributed by atoms with Gasteiger partial charge in [-0.15, -0.1) is 0 Å². The van der Waals surface area contributed by atoms with Crippen LogP contribution in [0.25, 0.3) is 22.6 Å². The topological polar surface area (TPSA) is 52.0 Å². The number of fused-ring (bicyclic) bond motifs is 1. The van der Waals surface area contributed by atoms with Gasteiger partial charge in [0.1, 0.15) is 5.52 Å². The summed E-state index contributed by atoms with van der Waals surface area (Å²) in [6, 6.07) is 11.6. The van der Waals surface area contributed by atoms with Crippen LogP contribution in [0, 0.1) is 6.92 Å². The fourth-order valence-electron chi connectivity index (χ4n) is 1.82. The molecular formula is C14H11BrN2O. The van der Waals surface area contributed by atoms with E-state index in [2.05, 4.69) is 20.9 Å². The van der Waals surface area contributed by atoms with Crippen LogP contribution in [0.2, 0.25) is 0 Å². The molecule has 3 nitrogen and oxygen atoms in total. The molecule has 0 saturated carbocycles. The Morgan fingerprint density at radius 3 is 2.78 bits per heavy atom. The van der Waals surface area contributed by atoms with Gasteiger partial charge in [0.05, 0.1) is 5.69 Å². The van der Waals surface area contributed by atoms with Gasteiger partial charge in [-0.05, 0) is 36.8 Å². The molecule has 0 aliphatic carbocycles. The van der Waals surface area contributed by atoms with Gasteiger partial charge < -0.3 is 10.2 Å². The van der Waals surface area contributed by atoms with Crippen LogP contribution >= 0.6 is 15.9 Å². The summed E-state index contributed by atoms with van der Waals surface area (Å²) in [6.45, 7) is 2.04. The molecule has 0 radical (unpaired) electrons. The molecule has 1 aromatic heterocycles. The Hall–Kier alpha value is -1.81. The Bertz CT molecular complexity index is 734. The molecule has 0 aliphatic heterocycles. The quantitative estimate of drug-likeness (QED) is 0.687. The van der Waals surface area contributed by atoms with E-state index in [0.717, 1.165) is 10.0 Å². The van der Waals surface area contributed by atoms with Crippen molar-refractivity contribution in [2.45, 2.75) is 6.92 Å². The summed E-state index contributed by atoms with van der Waals surface area (Å²) in [6.07, 6.45) is 0. The maximum Gasteiger partial charge on any atom is 0.227 e. The molecule has 0 spiro atoms. The predicted octanol–water partition coefficient (Wildman–Crippen LogP) is 4.15. The summed E-state index contributed by atoms with van der Waals surface area (Å²) in [7, 11) is 0. The number of halogens is 1. The Balaban J connectivity index is 2.19. The number of para-hydroxylation sites is 1. The average Bonchev–Trinajstić information content (AvgIpc) is 2.78. The zero-order valence-electron chi connectivity index (χ0n) is 9.77. The first-order valence-electron chi connectivity index (χ1n) is 5.57. The number of rotatable bonds is 1. The second kappa shape index (κ2) is 4.14. The molecule has 2 aromatic carbocycles. The Morgan fingerprint density at radius 2 is 2.06 bits per heavy atom. The molecule has 0 unspecified atom stereocenters. The van der Waals surface area contributed by atoms with E-state index < -0.39 is 0 Å². The second-order valence-electron chi connectivity index (χ2n) is 4.18. The molecule has 0 bridgehead atoms. The van der Waals surface area contributed by atoms with E-state index in [1.165, 1.54) is 5.56 Å². The van der Waals surface area contributed by atoms with E-state index in [9.17, 15) is 0 Å². The lowest BCUT2D eigenvalue weighted by atomic mass is 10.1. The normalized spacial score (nSPS) is 11.0. The first-order valence-corrected chi connectivity index (χ1v) is 6.36. The monoisotopic (exact) mass is 302 g/mol. The molecule has 3 aromatic rings. The molecule has 18 heavy (non-hydrogen) atoms. The highest BCUT2D eigenvalue weighted by Crippen LogP contribution is 2.29. The molecule has 1 heterocycles. The van der Waals surface area contributed by atoms with Gasteiger partial charge in [-0.1, -0.05) is 28.1 Å². The summed E-state index contributed by atoms with van der Waals surface area (Å²) in [5.41, 5.74) is 10.0. The number of nitrogen functional groups attached to an aromatic ring is 1. The van der Waals surface area contributed by atoms with Gasteiger partial charge in [0.15, 0.2) is 5.58 Å². The third-order valence-electron chi connectivity index (χ3n) is 2.87. The minimum absolute atomic E-state index is 0.587. The van der Waals surface area contributed by atoms with Crippen LogP contribution in [0.15, 0.2) is 45.3 Å². The number of nitrogens with zero attached hydrogens (tertiary/aromatic N) is 1. The molecule has 3 rings (SSSR count). The number of aryl methyl sites for hydroxylation is 1. The molecular weight excluding hydrogens is 292 g/mol. The molecule has 2 N–H and O–H groups in total. The number of oxazole rings is 1. The van der Waals surface area contributed by atoms with Crippen molar-refractivity contribution in [2.24, 2.45) is 0 Å². The van der Waals surface area contributed by atoms with Gasteiger partial charge in [0.25, 0.3) is 0 Å². The number of benzene rings is 2. The van der Waals surface area contributed by atoms with Gasteiger partial charge in [0, 0.05) is 10.0 Å². The van der Waals surface area contributed by atoms with Crippen molar-refractivity contribution in [2.75, 3.05) is 5.73 Å². The Labute approximate surface area is 113 Å². The maximum atomic E-state index is 5.87. The van der Waals surface area contributed by atoms with E-state index in [1.807, 2.05) is 43.3 Å². The first-order chi connectivity index (χ1) is 8.65. The number of aromatic nitrogens is 1. The van der Waals surface area contributed by atoms with Gasteiger partial charge in [0.2, 0.25) is 5.89 Å². The highest BCUT2D eigenvalue weighted by atomic mass is 79.9. The molecule has 0 atom stereocenters. The van der Waals surface area contributed by atoms with Gasteiger partial charge in [-0.25, -0.2) is 4.98 Å². The largest absolute Gasteiger partial charge is 0.436 e. The van der Waals surface area contributed by atoms with Crippen molar-refractivity contribution in [3.63, 3.8) is 0 Å². The van der Waals surface area contributed by atoms with E-state index in [4.69, 9.17) is 10.2 Å². The fraction of sp³-hybridized carbons (Fsp3) is 0.0714. The molecule has 0 fully saturated rings. The zero-order chi connectivity index (χ0) is 12.7. The Morgan fingerprint density at radius 1 is 1.22 bits per heavy atom. The van der Waals surface area contributed by atoms with Crippen LogP contribution < -0.4 is 5.73 Å². The molecule has 90 valence electrons. The van der Waals surface area contributed by atoms with Crippen LogP contribution in [-0.2, 0) is 0 Å². The van der Waals surface area contributed by atoms with E-state index in [1.54, 1.807) is 0 Å². The highest BCUT2D eigenvalue weighted by Gasteiger charge is 2.10. The molecule has 0 aliphatic rings. The predicted molar refractivity (Wildman–Crippen MR) is 76.3 cm³/mol. The fourth-order valence-corrected chi connectivity index (χ4v) is 2.20. The lowest BCUT2D eigenvalue weighted by Crippen LogP contribution is -1.85.